The predicted molar refractivity (Wildman–Crippen MR) is 74.9 cm³/mol. The quantitative estimate of drug-likeness (QED) is 0.407. The van der Waals surface area contributed by atoms with Crippen LogP contribution < -0.4 is 15.1 Å². The van der Waals surface area contributed by atoms with Crippen molar-refractivity contribution >= 4 is 33.9 Å². The Balaban J connectivity index is 2.48. The minimum atomic E-state index is -0.638. The number of benzene rings is 1. The first-order valence-electron chi connectivity index (χ1n) is 6.31. The van der Waals surface area contributed by atoms with Gasteiger partial charge in [0, 0.05) is 19.9 Å². The fraction of sp³-hybridized carbons (Fsp3) is 0.133. The van der Waals surface area contributed by atoms with E-state index in [-0.39, 0.29) is 22.7 Å². The van der Waals surface area contributed by atoms with Crippen molar-refractivity contribution in [3.8, 4) is 11.5 Å². The van der Waals surface area contributed by atoms with Crippen LogP contribution in [0.1, 0.15) is 13.8 Å². The summed E-state index contributed by atoms with van der Waals surface area (Å²) in [4.78, 5) is 34.1. The molecule has 2 heterocycles. The normalized spacial score (nSPS) is 10.8. The number of ether oxygens (including phenoxy) is 2. The molecule has 0 amide bonds. The molecule has 0 aliphatic rings. The Morgan fingerprint density at radius 3 is 2.23 bits per heavy atom. The van der Waals surface area contributed by atoms with Gasteiger partial charge in [-0.3, -0.25) is 9.59 Å². The van der Waals surface area contributed by atoms with Crippen LogP contribution in [0.2, 0.25) is 0 Å². The number of hydrogen-bond donors (Lipinski definition) is 0. The number of fused-ring (bicyclic) bond motifs is 2. The molecule has 0 fully saturated rings. The van der Waals surface area contributed by atoms with Gasteiger partial charge in [0.05, 0.1) is 17.0 Å². The minimum Gasteiger partial charge on any atom is -0.460 e. The summed E-state index contributed by atoms with van der Waals surface area (Å²) in [6.45, 7) is 2.46. The summed E-state index contributed by atoms with van der Waals surface area (Å²) in [6, 6.07) is 4.17. The van der Waals surface area contributed by atoms with Crippen LogP contribution in [-0.2, 0) is 9.59 Å². The molecule has 112 valence electrons. The Bertz CT molecular complexity index is 961. The van der Waals surface area contributed by atoms with E-state index in [0.29, 0.717) is 10.8 Å². The summed E-state index contributed by atoms with van der Waals surface area (Å²) >= 11 is 0. The van der Waals surface area contributed by atoms with Crippen LogP contribution in [0.25, 0.3) is 21.9 Å². The van der Waals surface area contributed by atoms with Gasteiger partial charge >= 0.3 is 17.6 Å². The standard InChI is InChI=1S/C15H10O7/c1-7(16)20-12-9-3-4-11(18)22-14(9)15(21-8(2)17)13-10(12)5-6-19-13/h3-6H,1-2H3. The van der Waals surface area contributed by atoms with Gasteiger partial charge in [-0.15, -0.1) is 0 Å². The van der Waals surface area contributed by atoms with Crippen LogP contribution in [0.3, 0.4) is 0 Å². The summed E-state index contributed by atoms with van der Waals surface area (Å²) in [7, 11) is 0. The first-order chi connectivity index (χ1) is 10.5. The van der Waals surface area contributed by atoms with E-state index in [0.717, 1.165) is 0 Å². The summed E-state index contributed by atoms with van der Waals surface area (Å²) in [5.74, 6) is -1.01. The van der Waals surface area contributed by atoms with E-state index in [1.807, 2.05) is 0 Å². The zero-order valence-electron chi connectivity index (χ0n) is 11.7. The smallest absolute Gasteiger partial charge is 0.336 e. The molecule has 0 aliphatic heterocycles. The van der Waals surface area contributed by atoms with Crippen molar-refractivity contribution in [1.82, 2.24) is 0 Å². The van der Waals surface area contributed by atoms with Gasteiger partial charge in [0.1, 0.15) is 0 Å². The summed E-state index contributed by atoms with van der Waals surface area (Å²) < 4.78 is 20.7. The van der Waals surface area contributed by atoms with Crippen LogP contribution >= 0.6 is 0 Å². The molecule has 7 heteroatoms. The second-order valence-electron chi connectivity index (χ2n) is 4.51. The lowest BCUT2D eigenvalue weighted by atomic mass is 10.1. The van der Waals surface area contributed by atoms with Gasteiger partial charge in [0.15, 0.2) is 16.9 Å². The van der Waals surface area contributed by atoms with E-state index in [4.69, 9.17) is 18.3 Å². The first-order valence-corrected chi connectivity index (χ1v) is 6.31. The number of rotatable bonds is 2. The lowest BCUT2D eigenvalue weighted by molar-refractivity contribution is -0.132. The zero-order valence-corrected chi connectivity index (χ0v) is 11.7. The van der Waals surface area contributed by atoms with Crippen molar-refractivity contribution in [2.75, 3.05) is 0 Å². The third kappa shape index (κ3) is 2.22. The SMILES string of the molecule is CC(=O)Oc1c2ccoc2c(OC(C)=O)c2oc(=O)ccc12. The summed E-state index contributed by atoms with van der Waals surface area (Å²) in [5, 5.41) is 0.743. The molecule has 0 saturated carbocycles. The van der Waals surface area contributed by atoms with Gasteiger partial charge in [-0.25, -0.2) is 4.79 Å². The van der Waals surface area contributed by atoms with Crippen LogP contribution in [-0.4, -0.2) is 11.9 Å². The highest BCUT2D eigenvalue weighted by molar-refractivity contribution is 6.08. The van der Waals surface area contributed by atoms with Crippen molar-refractivity contribution < 1.29 is 27.9 Å². The number of carbonyl (C=O) groups is 2. The van der Waals surface area contributed by atoms with E-state index in [1.54, 1.807) is 6.07 Å². The minimum absolute atomic E-state index is 0.0265. The Labute approximate surface area is 123 Å². The predicted octanol–water partition coefficient (Wildman–Crippen LogP) is 2.39. The van der Waals surface area contributed by atoms with Crippen LogP contribution in [0, 0.1) is 0 Å². The number of carbonyl (C=O) groups excluding carboxylic acids is 2. The molecule has 0 saturated heterocycles. The van der Waals surface area contributed by atoms with Gasteiger partial charge in [0.25, 0.3) is 0 Å². The van der Waals surface area contributed by atoms with E-state index in [9.17, 15) is 14.4 Å². The molecule has 0 spiro atoms. The molecule has 3 aromatic rings. The lowest BCUT2D eigenvalue weighted by Gasteiger charge is -2.10. The second-order valence-corrected chi connectivity index (χ2v) is 4.51. The molecular formula is C15H10O7. The Morgan fingerprint density at radius 2 is 1.55 bits per heavy atom. The molecule has 7 nitrogen and oxygen atoms in total. The Morgan fingerprint density at radius 1 is 0.909 bits per heavy atom. The maximum Gasteiger partial charge on any atom is 0.336 e. The summed E-state index contributed by atoms with van der Waals surface area (Å²) in [5.41, 5.74) is -0.518. The number of esters is 2. The molecule has 0 N–H and O–H groups in total. The van der Waals surface area contributed by atoms with Gasteiger partial charge in [0.2, 0.25) is 5.75 Å². The third-order valence-electron chi connectivity index (χ3n) is 2.89. The summed E-state index contributed by atoms with van der Waals surface area (Å²) in [6.07, 6.45) is 1.35. The molecule has 0 atom stereocenters. The van der Waals surface area contributed by atoms with E-state index in [2.05, 4.69) is 0 Å². The maximum atomic E-state index is 11.5. The van der Waals surface area contributed by atoms with Gasteiger partial charge in [-0.2, -0.15) is 0 Å². The van der Waals surface area contributed by atoms with Crippen molar-refractivity contribution in [3.63, 3.8) is 0 Å². The highest BCUT2D eigenvalue weighted by Gasteiger charge is 2.23. The number of furan rings is 1. The van der Waals surface area contributed by atoms with Crippen LogP contribution in [0.5, 0.6) is 11.5 Å². The van der Waals surface area contributed by atoms with Crippen molar-refractivity contribution in [2.24, 2.45) is 0 Å². The molecule has 0 unspecified atom stereocenters. The molecule has 0 bridgehead atoms. The van der Waals surface area contributed by atoms with Gasteiger partial charge in [-0.05, 0) is 12.1 Å². The first kappa shape index (κ1) is 13.9. The van der Waals surface area contributed by atoms with Gasteiger partial charge < -0.3 is 18.3 Å². The van der Waals surface area contributed by atoms with Crippen molar-refractivity contribution in [3.05, 3.63) is 34.9 Å². The average molecular weight is 302 g/mol. The van der Waals surface area contributed by atoms with Gasteiger partial charge in [-0.1, -0.05) is 0 Å². The fourth-order valence-electron chi connectivity index (χ4n) is 2.17. The molecular weight excluding hydrogens is 292 g/mol. The molecule has 0 aliphatic carbocycles. The average Bonchev–Trinajstić information content (AvgIpc) is 2.90. The molecule has 22 heavy (non-hydrogen) atoms. The lowest BCUT2D eigenvalue weighted by Crippen LogP contribution is -2.07. The highest BCUT2D eigenvalue weighted by atomic mass is 16.6. The second kappa shape index (κ2) is 5.03. The Hall–Kier alpha value is -3.09. The maximum absolute atomic E-state index is 11.5. The van der Waals surface area contributed by atoms with Crippen molar-refractivity contribution in [1.29, 1.82) is 0 Å². The van der Waals surface area contributed by atoms with Crippen LogP contribution in [0.4, 0.5) is 0 Å². The van der Waals surface area contributed by atoms with E-state index in [1.165, 1.54) is 32.2 Å². The third-order valence-corrected chi connectivity index (χ3v) is 2.89. The molecule has 0 radical (unpaired) electrons. The highest BCUT2D eigenvalue weighted by Crippen LogP contribution is 2.42. The zero-order chi connectivity index (χ0) is 15.9. The topological polar surface area (TPSA) is 96.0 Å². The van der Waals surface area contributed by atoms with Crippen LogP contribution in [0.15, 0.2) is 38.1 Å². The Kier molecular flexibility index (Phi) is 3.17. The van der Waals surface area contributed by atoms with E-state index >= 15 is 0 Å². The van der Waals surface area contributed by atoms with Crippen molar-refractivity contribution in [2.45, 2.75) is 13.8 Å². The molecule has 2 aromatic heterocycles. The molecule has 3 rings (SSSR count). The number of hydrogen-bond acceptors (Lipinski definition) is 7. The fourth-order valence-corrected chi connectivity index (χ4v) is 2.17. The monoisotopic (exact) mass is 302 g/mol. The largest absolute Gasteiger partial charge is 0.460 e. The van der Waals surface area contributed by atoms with E-state index < -0.39 is 17.6 Å². The molecule has 1 aromatic carbocycles.